The highest BCUT2D eigenvalue weighted by molar-refractivity contribution is 6.58. The van der Waals surface area contributed by atoms with E-state index in [4.69, 9.17) is 16.6 Å². The van der Waals surface area contributed by atoms with E-state index < -0.39 is 7.12 Å². The van der Waals surface area contributed by atoms with Crippen molar-refractivity contribution in [2.24, 2.45) is 0 Å². The Balaban J connectivity index is 3.30. The van der Waals surface area contributed by atoms with Crippen molar-refractivity contribution in [3.63, 3.8) is 0 Å². The van der Waals surface area contributed by atoms with Gasteiger partial charge in [-0.15, -0.1) is 0 Å². The molecular weight excluding hydrogens is 165 g/mol. The van der Waals surface area contributed by atoms with Gasteiger partial charge in [-0.05, 0) is 30.4 Å². The fourth-order valence-corrected chi connectivity index (χ4v) is 1.31. The molecule has 0 saturated heterocycles. The highest BCUT2D eigenvalue weighted by atomic mass is 16.4. The number of benzene rings is 1. The summed E-state index contributed by atoms with van der Waals surface area (Å²) in [4.78, 5) is 3.36. The van der Waals surface area contributed by atoms with Crippen LogP contribution < -0.4 is 5.46 Å². The van der Waals surface area contributed by atoms with Crippen LogP contribution in [-0.2, 0) is 0 Å². The van der Waals surface area contributed by atoms with Crippen LogP contribution in [0.5, 0.6) is 0 Å². The quantitative estimate of drug-likeness (QED) is 0.483. The van der Waals surface area contributed by atoms with E-state index in [9.17, 15) is 0 Å². The van der Waals surface area contributed by atoms with Crippen molar-refractivity contribution in [1.82, 2.24) is 0 Å². The van der Waals surface area contributed by atoms with Gasteiger partial charge in [0.2, 0.25) is 0 Å². The number of aryl methyl sites for hydroxylation is 2. The van der Waals surface area contributed by atoms with Crippen LogP contribution in [0.2, 0.25) is 0 Å². The SMILES string of the molecule is [C-]#[N+]c1c(C)cc(B(O)O)cc1C. The first kappa shape index (κ1) is 9.78. The second-order valence-corrected chi connectivity index (χ2v) is 2.99. The lowest BCUT2D eigenvalue weighted by molar-refractivity contribution is 0.425. The second-order valence-electron chi connectivity index (χ2n) is 2.99. The molecule has 0 aliphatic rings. The highest BCUT2D eigenvalue weighted by Gasteiger charge is 2.13. The maximum absolute atomic E-state index is 8.91. The van der Waals surface area contributed by atoms with Crippen LogP contribution in [-0.4, -0.2) is 17.2 Å². The van der Waals surface area contributed by atoms with Crippen molar-refractivity contribution in [2.45, 2.75) is 13.8 Å². The maximum atomic E-state index is 8.91. The molecule has 0 fully saturated rings. The van der Waals surface area contributed by atoms with Crippen LogP contribution in [0.15, 0.2) is 12.1 Å². The minimum atomic E-state index is -1.46. The van der Waals surface area contributed by atoms with Crippen molar-refractivity contribution in [3.05, 3.63) is 34.7 Å². The smallest absolute Gasteiger partial charge is 0.423 e. The lowest BCUT2D eigenvalue weighted by Crippen LogP contribution is -2.30. The van der Waals surface area contributed by atoms with Crippen LogP contribution in [0.3, 0.4) is 0 Å². The number of nitrogens with zero attached hydrogens (tertiary/aromatic N) is 1. The fraction of sp³-hybridized carbons (Fsp3) is 0.222. The van der Waals surface area contributed by atoms with Gasteiger partial charge in [0.05, 0.1) is 6.57 Å². The zero-order valence-electron chi connectivity index (χ0n) is 7.57. The van der Waals surface area contributed by atoms with Gasteiger partial charge in [0, 0.05) is 0 Å². The van der Waals surface area contributed by atoms with Gasteiger partial charge in [0.15, 0.2) is 5.69 Å². The molecule has 1 aromatic carbocycles. The molecule has 0 bridgehead atoms. The summed E-state index contributed by atoms with van der Waals surface area (Å²) in [6, 6.07) is 3.23. The summed E-state index contributed by atoms with van der Waals surface area (Å²) < 4.78 is 0. The average molecular weight is 175 g/mol. The van der Waals surface area contributed by atoms with Crippen molar-refractivity contribution >= 4 is 18.3 Å². The van der Waals surface area contributed by atoms with Crippen LogP contribution in [0.25, 0.3) is 4.85 Å². The van der Waals surface area contributed by atoms with Crippen LogP contribution >= 0.6 is 0 Å². The Bertz CT molecular complexity index is 345. The van der Waals surface area contributed by atoms with Gasteiger partial charge in [-0.2, -0.15) is 0 Å². The molecule has 0 atom stereocenters. The molecule has 0 aliphatic carbocycles. The second kappa shape index (κ2) is 3.61. The molecule has 0 amide bonds. The Labute approximate surface area is 77.6 Å². The Morgan fingerprint density at radius 1 is 1.23 bits per heavy atom. The first-order valence-corrected chi connectivity index (χ1v) is 3.91. The van der Waals surface area contributed by atoms with Gasteiger partial charge in [-0.1, -0.05) is 12.1 Å². The Morgan fingerprint density at radius 3 is 2.00 bits per heavy atom. The molecule has 0 aliphatic heterocycles. The van der Waals surface area contributed by atoms with Gasteiger partial charge in [0.1, 0.15) is 0 Å². The van der Waals surface area contributed by atoms with Crippen LogP contribution in [0.1, 0.15) is 11.1 Å². The van der Waals surface area contributed by atoms with E-state index in [-0.39, 0.29) is 0 Å². The fourth-order valence-electron chi connectivity index (χ4n) is 1.31. The maximum Gasteiger partial charge on any atom is 0.488 e. The first-order chi connectivity index (χ1) is 6.06. The molecule has 0 radical (unpaired) electrons. The van der Waals surface area contributed by atoms with Crippen molar-refractivity contribution in [2.75, 3.05) is 0 Å². The summed E-state index contributed by atoms with van der Waals surface area (Å²) in [5, 5.41) is 17.8. The predicted molar refractivity (Wildman–Crippen MR) is 52.0 cm³/mol. The molecule has 0 heterocycles. The monoisotopic (exact) mass is 175 g/mol. The van der Waals surface area contributed by atoms with Crippen molar-refractivity contribution < 1.29 is 10.0 Å². The molecule has 0 aromatic heterocycles. The third-order valence-electron chi connectivity index (χ3n) is 1.92. The summed E-state index contributed by atoms with van der Waals surface area (Å²) in [5.74, 6) is 0. The summed E-state index contributed by atoms with van der Waals surface area (Å²) in [7, 11) is -1.46. The molecule has 0 unspecified atom stereocenters. The topological polar surface area (TPSA) is 44.8 Å². The number of hydrogen-bond donors (Lipinski definition) is 2. The summed E-state index contributed by atoms with van der Waals surface area (Å²) >= 11 is 0. The normalized spacial score (nSPS) is 9.46. The Hall–Kier alpha value is -1.31. The van der Waals surface area contributed by atoms with Gasteiger partial charge in [-0.3, -0.25) is 0 Å². The van der Waals surface area contributed by atoms with E-state index in [0.717, 1.165) is 11.1 Å². The van der Waals surface area contributed by atoms with Gasteiger partial charge >= 0.3 is 7.12 Å². The summed E-state index contributed by atoms with van der Waals surface area (Å²) in [6.07, 6.45) is 0. The van der Waals surface area contributed by atoms with Crippen molar-refractivity contribution in [3.8, 4) is 0 Å². The minimum absolute atomic E-state index is 0.433. The Morgan fingerprint density at radius 2 is 1.69 bits per heavy atom. The molecule has 13 heavy (non-hydrogen) atoms. The van der Waals surface area contributed by atoms with E-state index in [0.29, 0.717) is 11.2 Å². The Kier molecular flexibility index (Phi) is 2.71. The zero-order chi connectivity index (χ0) is 10.0. The van der Waals surface area contributed by atoms with E-state index in [1.807, 2.05) is 0 Å². The number of rotatable bonds is 1. The third kappa shape index (κ3) is 1.89. The highest BCUT2D eigenvalue weighted by Crippen LogP contribution is 2.21. The predicted octanol–water partition coefficient (Wildman–Crippen LogP) is 0.534. The first-order valence-electron chi connectivity index (χ1n) is 3.91. The molecule has 3 nitrogen and oxygen atoms in total. The lowest BCUT2D eigenvalue weighted by atomic mass is 9.78. The third-order valence-corrected chi connectivity index (χ3v) is 1.92. The van der Waals surface area contributed by atoms with Gasteiger partial charge < -0.3 is 10.0 Å². The zero-order valence-corrected chi connectivity index (χ0v) is 7.57. The van der Waals surface area contributed by atoms with Crippen LogP contribution in [0, 0.1) is 20.4 Å². The van der Waals surface area contributed by atoms with E-state index in [1.54, 1.807) is 26.0 Å². The van der Waals surface area contributed by atoms with Gasteiger partial charge in [-0.25, -0.2) is 4.85 Å². The van der Waals surface area contributed by atoms with E-state index in [2.05, 4.69) is 4.85 Å². The molecule has 4 heteroatoms. The molecule has 0 saturated carbocycles. The summed E-state index contributed by atoms with van der Waals surface area (Å²) in [6.45, 7) is 10.5. The standard InChI is InChI=1S/C9H10BNO2/c1-6-4-8(10(12)13)5-7(2)9(6)11-3/h4-5,12-13H,1-2H3. The average Bonchev–Trinajstić information content (AvgIpc) is 2.03. The molecule has 0 spiro atoms. The number of hydrogen-bond acceptors (Lipinski definition) is 2. The molecule has 66 valence electrons. The van der Waals surface area contributed by atoms with E-state index >= 15 is 0 Å². The molecule has 1 rings (SSSR count). The lowest BCUT2D eigenvalue weighted by Gasteiger charge is -2.06. The minimum Gasteiger partial charge on any atom is -0.423 e. The molecule has 1 aromatic rings. The van der Waals surface area contributed by atoms with E-state index in [1.165, 1.54) is 0 Å². The molecular formula is C9H10BNO2. The van der Waals surface area contributed by atoms with Crippen LogP contribution in [0.4, 0.5) is 5.69 Å². The summed E-state index contributed by atoms with van der Waals surface area (Å²) in [5.41, 5.74) is 2.57. The van der Waals surface area contributed by atoms with Crippen molar-refractivity contribution in [1.29, 1.82) is 0 Å². The largest absolute Gasteiger partial charge is 0.488 e. The molecule has 2 N–H and O–H groups in total. The van der Waals surface area contributed by atoms with Gasteiger partial charge in [0.25, 0.3) is 0 Å².